The standard InChI is InChI=1S/C16H22N2O6S/c1-10-8-18(9-11(2)24-10)25(22,23)14-6-4-5-13(7-14)15(19)17-12(3)16(20)21/h4-7,10-12H,8-9H2,1-3H3,(H,17,19)(H,20,21)/t10?,11?,12-/m0/s1. The number of amides is 1. The van der Waals surface area contributed by atoms with E-state index in [9.17, 15) is 18.0 Å². The molecule has 1 saturated heterocycles. The largest absolute Gasteiger partial charge is 0.480 e. The minimum Gasteiger partial charge on any atom is -0.480 e. The number of carboxylic acid groups (broad SMARTS) is 1. The summed E-state index contributed by atoms with van der Waals surface area (Å²) in [4.78, 5) is 22.9. The number of morpholine rings is 1. The third-order valence-corrected chi connectivity index (χ3v) is 5.67. The molecule has 0 spiro atoms. The first-order valence-electron chi connectivity index (χ1n) is 7.90. The summed E-state index contributed by atoms with van der Waals surface area (Å²) >= 11 is 0. The summed E-state index contributed by atoms with van der Waals surface area (Å²) in [6.45, 7) is 5.40. The molecule has 1 fully saturated rings. The lowest BCUT2D eigenvalue weighted by molar-refractivity contribution is -0.138. The van der Waals surface area contributed by atoms with Crippen molar-refractivity contribution in [2.24, 2.45) is 0 Å². The topological polar surface area (TPSA) is 113 Å². The van der Waals surface area contributed by atoms with Gasteiger partial charge in [0.15, 0.2) is 0 Å². The van der Waals surface area contributed by atoms with Crippen molar-refractivity contribution < 1.29 is 27.9 Å². The first kappa shape index (κ1) is 19.4. The van der Waals surface area contributed by atoms with Gasteiger partial charge in [-0.25, -0.2) is 8.42 Å². The van der Waals surface area contributed by atoms with Crippen molar-refractivity contribution in [3.05, 3.63) is 29.8 Å². The van der Waals surface area contributed by atoms with Gasteiger partial charge >= 0.3 is 5.97 Å². The zero-order valence-electron chi connectivity index (χ0n) is 14.3. The van der Waals surface area contributed by atoms with Gasteiger partial charge in [-0.1, -0.05) is 6.07 Å². The maximum Gasteiger partial charge on any atom is 0.325 e. The Bertz CT molecular complexity index is 754. The lowest BCUT2D eigenvalue weighted by atomic mass is 10.2. The Morgan fingerprint density at radius 2 is 1.88 bits per heavy atom. The van der Waals surface area contributed by atoms with Crippen molar-refractivity contribution in [3.63, 3.8) is 0 Å². The van der Waals surface area contributed by atoms with Gasteiger partial charge < -0.3 is 15.2 Å². The van der Waals surface area contributed by atoms with Crippen molar-refractivity contribution in [2.45, 2.75) is 43.9 Å². The van der Waals surface area contributed by atoms with Crippen LogP contribution in [-0.4, -0.2) is 61.0 Å². The van der Waals surface area contributed by atoms with Gasteiger partial charge in [0.25, 0.3) is 5.91 Å². The number of benzene rings is 1. The fourth-order valence-electron chi connectivity index (χ4n) is 2.62. The highest BCUT2D eigenvalue weighted by atomic mass is 32.2. The van der Waals surface area contributed by atoms with Gasteiger partial charge in [0, 0.05) is 18.7 Å². The molecule has 1 aromatic carbocycles. The summed E-state index contributed by atoms with van der Waals surface area (Å²) in [6.07, 6.45) is -0.442. The van der Waals surface area contributed by atoms with Crippen LogP contribution in [0.25, 0.3) is 0 Å². The first-order valence-corrected chi connectivity index (χ1v) is 9.34. The smallest absolute Gasteiger partial charge is 0.325 e. The number of carboxylic acids is 1. The number of hydrogen-bond donors (Lipinski definition) is 2. The van der Waals surface area contributed by atoms with E-state index < -0.39 is 27.9 Å². The zero-order chi connectivity index (χ0) is 18.8. The number of rotatable bonds is 5. The monoisotopic (exact) mass is 370 g/mol. The number of hydrogen-bond acceptors (Lipinski definition) is 5. The van der Waals surface area contributed by atoms with Crippen LogP contribution in [0.5, 0.6) is 0 Å². The summed E-state index contributed by atoms with van der Waals surface area (Å²) in [5.74, 6) is -1.82. The van der Waals surface area contributed by atoms with Gasteiger partial charge in [-0.2, -0.15) is 4.31 Å². The molecular formula is C16H22N2O6S. The highest BCUT2D eigenvalue weighted by Crippen LogP contribution is 2.22. The van der Waals surface area contributed by atoms with Crippen molar-refractivity contribution in [1.29, 1.82) is 0 Å². The fourth-order valence-corrected chi connectivity index (χ4v) is 4.25. The van der Waals surface area contributed by atoms with E-state index in [1.54, 1.807) is 13.8 Å². The summed E-state index contributed by atoms with van der Waals surface area (Å²) in [6, 6.07) is 4.49. The van der Waals surface area contributed by atoms with E-state index in [1.165, 1.54) is 35.5 Å². The van der Waals surface area contributed by atoms with E-state index in [-0.39, 0.29) is 35.8 Å². The highest BCUT2D eigenvalue weighted by Gasteiger charge is 2.32. The summed E-state index contributed by atoms with van der Waals surface area (Å²) in [5.41, 5.74) is 0.0866. The molecule has 2 unspecified atom stereocenters. The molecule has 1 heterocycles. The highest BCUT2D eigenvalue weighted by molar-refractivity contribution is 7.89. The van der Waals surface area contributed by atoms with Crippen molar-refractivity contribution in [2.75, 3.05) is 13.1 Å². The molecule has 0 aromatic heterocycles. The molecule has 2 N–H and O–H groups in total. The van der Waals surface area contributed by atoms with Gasteiger partial charge in [0.2, 0.25) is 10.0 Å². The summed E-state index contributed by atoms with van der Waals surface area (Å²) in [5, 5.41) is 11.2. The second-order valence-electron chi connectivity index (χ2n) is 6.14. The van der Waals surface area contributed by atoms with Crippen LogP contribution in [-0.2, 0) is 19.6 Å². The number of carbonyl (C=O) groups excluding carboxylic acids is 1. The van der Waals surface area contributed by atoms with Gasteiger partial charge in [-0.05, 0) is 39.0 Å². The average molecular weight is 370 g/mol. The predicted octanol–water partition coefficient (Wildman–Crippen LogP) is 0.687. The van der Waals surface area contributed by atoms with Gasteiger partial charge in [-0.15, -0.1) is 0 Å². The SMILES string of the molecule is CC1CN(S(=O)(=O)c2cccc(C(=O)N[C@@H](C)C(=O)O)c2)CC(C)O1. The maximum atomic E-state index is 12.8. The maximum absolute atomic E-state index is 12.8. The van der Waals surface area contributed by atoms with Crippen molar-refractivity contribution >= 4 is 21.9 Å². The Kier molecular flexibility index (Phi) is 5.81. The summed E-state index contributed by atoms with van der Waals surface area (Å²) in [7, 11) is -3.77. The molecule has 1 aliphatic rings. The molecule has 2 rings (SSSR count). The van der Waals surface area contributed by atoms with E-state index in [1.807, 2.05) is 0 Å². The van der Waals surface area contributed by atoms with Crippen LogP contribution in [0.1, 0.15) is 31.1 Å². The molecule has 9 heteroatoms. The molecule has 1 aromatic rings. The van der Waals surface area contributed by atoms with E-state index >= 15 is 0 Å². The minimum atomic E-state index is -3.77. The first-order chi connectivity index (χ1) is 11.6. The molecule has 8 nitrogen and oxygen atoms in total. The lowest BCUT2D eigenvalue weighted by Crippen LogP contribution is -2.48. The number of carbonyl (C=O) groups is 2. The van der Waals surface area contributed by atoms with Crippen molar-refractivity contribution in [1.82, 2.24) is 9.62 Å². The molecule has 0 bridgehead atoms. The molecule has 1 aliphatic heterocycles. The Morgan fingerprint density at radius 1 is 1.28 bits per heavy atom. The van der Waals surface area contributed by atoms with E-state index in [0.717, 1.165) is 0 Å². The Balaban J connectivity index is 2.25. The summed E-state index contributed by atoms with van der Waals surface area (Å²) < 4.78 is 32.5. The number of sulfonamides is 1. The second-order valence-corrected chi connectivity index (χ2v) is 8.08. The van der Waals surface area contributed by atoms with E-state index in [2.05, 4.69) is 5.32 Å². The second kappa shape index (κ2) is 7.51. The molecule has 3 atom stereocenters. The molecule has 0 aliphatic carbocycles. The van der Waals surface area contributed by atoms with Crippen LogP contribution in [0.15, 0.2) is 29.2 Å². The fraction of sp³-hybridized carbons (Fsp3) is 0.500. The molecule has 0 saturated carbocycles. The average Bonchev–Trinajstić information content (AvgIpc) is 2.53. The van der Waals surface area contributed by atoms with Crippen LogP contribution < -0.4 is 5.32 Å². The van der Waals surface area contributed by atoms with Crippen molar-refractivity contribution in [3.8, 4) is 0 Å². The number of nitrogens with one attached hydrogen (secondary N) is 1. The third-order valence-electron chi connectivity index (χ3n) is 3.84. The number of nitrogens with zero attached hydrogens (tertiary/aromatic N) is 1. The lowest BCUT2D eigenvalue weighted by Gasteiger charge is -2.34. The van der Waals surface area contributed by atoms with Gasteiger partial charge in [0.05, 0.1) is 17.1 Å². The molecule has 0 radical (unpaired) electrons. The van der Waals surface area contributed by atoms with Crippen LogP contribution in [0, 0.1) is 0 Å². The molecule has 25 heavy (non-hydrogen) atoms. The van der Waals surface area contributed by atoms with E-state index in [4.69, 9.17) is 9.84 Å². The predicted molar refractivity (Wildman–Crippen MR) is 89.8 cm³/mol. The normalized spacial score (nSPS) is 23.0. The van der Waals surface area contributed by atoms with Crippen LogP contribution >= 0.6 is 0 Å². The van der Waals surface area contributed by atoms with Crippen LogP contribution in [0.4, 0.5) is 0 Å². The van der Waals surface area contributed by atoms with E-state index in [0.29, 0.717) is 0 Å². The molecular weight excluding hydrogens is 348 g/mol. The van der Waals surface area contributed by atoms with Gasteiger partial charge in [0.1, 0.15) is 6.04 Å². The molecule has 138 valence electrons. The minimum absolute atomic E-state index is 0.00979. The zero-order valence-corrected chi connectivity index (χ0v) is 15.1. The number of aliphatic carboxylic acids is 1. The Labute approximate surface area is 146 Å². The number of ether oxygens (including phenoxy) is 1. The Morgan fingerprint density at radius 3 is 2.44 bits per heavy atom. The quantitative estimate of drug-likeness (QED) is 0.788. The third kappa shape index (κ3) is 4.56. The van der Waals surface area contributed by atoms with Gasteiger partial charge in [-0.3, -0.25) is 9.59 Å². The van der Waals surface area contributed by atoms with Crippen LogP contribution in [0.3, 0.4) is 0 Å². The van der Waals surface area contributed by atoms with Crippen LogP contribution in [0.2, 0.25) is 0 Å². The Hall–Kier alpha value is -1.97. The molecule has 1 amide bonds.